The van der Waals surface area contributed by atoms with Gasteiger partial charge in [0, 0.05) is 37.2 Å². The Morgan fingerprint density at radius 2 is 2.05 bits per heavy atom. The molecule has 0 saturated carbocycles. The molecule has 0 atom stereocenters. The lowest BCUT2D eigenvalue weighted by Gasteiger charge is -2.06. The van der Waals surface area contributed by atoms with Gasteiger partial charge in [0.1, 0.15) is 5.69 Å². The first-order valence-electron chi connectivity index (χ1n) is 6.73. The summed E-state index contributed by atoms with van der Waals surface area (Å²) in [5.74, 6) is -0.620. The molecule has 0 saturated heterocycles. The third kappa shape index (κ3) is 4.24. The van der Waals surface area contributed by atoms with E-state index in [2.05, 4.69) is 27.2 Å². The third-order valence-corrected chi connectivity index (χ3v) is 2.84. The van der Waals surface area contributed by atoms with Gasteiger partial charge in [-0.05, 0) is 23.8 Å². The maximum absolute atomic E-state index is 12.1. The van der Waals surface area contributed by atoms with Crippen LogP contribution in [0, 0.1) is 0 Å². The molecule has 6 heteroatoms. The fraction of sp³-hybridized carbons (Fsp3) is 0.125. The highest BCUT2D eigenvalue weighted by Crippen LogP contribution is 2.03. The second-order valence-corrected chi connectivity index (χ2v) is 4.47. The van der Waals surface area contributed by atoms with Gasteiger partial charge < -0.3 is 10.6 Å². The number of hydrogen-bond donors (Lipinski definition) is 2. The van der Waals surface area contributed by atoms with E-state index in [0.717, 1.165) is 5.56 Å². The number of carbonyl (C=O) groups excluding carboxylic acids is 2. The number of hydrogen-bond acceptors (Lipinski definition) is 4. The molecule has 2 aromatic heterocycles. The largest absolute Gasteiger partial charge is 0.348 e. The minimum atomic E-state index is -0.346. The first-order valence-corrected chi connectivity index (χ1v) is 6.73. The monoisotopic (exact) mass is 296 g/mol. The fourth-order valence-corrected chi connectivity index (χ4v) is 1.74. The van der Waals surface area contributed by atoms with Gasteiger partial charge in [-0.2, -0.15) is 0 Å². The first-order chi connectivity index (χ1) is 10.7. The van der Waals surface area contributed by atoms with Crippen LogP contribution in [0.15, 0.2) is 55.5 Å². The molecule has 0 aliphatic carbocycles. The summed E-state index contributed by atoms with van der Waals surface area (Å²) in [6.07, 6.45) is 6.35. The molecule has 2 aromatic rings. The maximum Gasteiger partial charge on any atom is 0.270 e. The number of pyridine rings is 2. The lowest BCUT2D eigenvalue weighted by Crippen LogP contribution is -2.26. The minimum absolute atomic E-state index is 0.191. The van der Waals surface area contributed by atoms with Gasteiger partial charge in [0.15, 0.2) is 0 Å². The molecule has 0 unspecified atom stereocenters. The molecule has 2 rings (SSSR count). The van der Waals surface area contributed by atoms with Crippen molar-refractivity contribution in [3.05, 3.63) is 72.3 Å². The molecule has 112 valence electrons. The number of amides is 2. The van der Waals surface area contributed by atoms with Gasteiger partial charge in [-0.25, -0.2) is 0 Å². The van der Waals surface area contributed by atoms with Crippen molar-refractivity contribution in [1.82, 2.24) is 20.6 Å². The van der Waals surface area contributed by atoms with Crippen LogP contribution >= 0.6 is 0 Å². The van der Waals surface area contributed by atoms with Crippen LogP contribution in [0.1, 0.15) is 26.4 Å². The van der Waals surface area contributed by atoms with E-state index in [-0.39, 0.29) is 17.5 Å². The summed E-state index contributed by atoms with van der Waals surface area (Å²) in [6.45, 7) is 4.23. The highest BCUT2D eigenvalue weighted by Gasteiger charge is 2.11. The second-order valence-electron chi connectivity index (χ2n) is 4.47. The van der Waals surface area contributed by atoms with Gasteiger partial charge in [-0.15, -0.1) is 6.58 Å². The zero-order valence-electron chi connectivity index (χ0n) is 12.0. The SMILES string of the molecule is C=CCNC(=O)c1cc(C(=O)NCc2cccnc2)ccn1. The van der Waals surface area contributed by atoms with E-state index >= 15 is 0 Å². The standard InChI is InChI=1S/C16H16N4O2/c1-2-6-19-16(22)14-9-13(5-8-18-14)15(21)20-11-12-4-3-7-17-10-12/h2-5,7-10H,1,6,11H2,(H,19,22)(H,20,21). The highest BCUT2D eigenvalue weighted by molar-refractivity contribution is 5.98. The van der Waals surface area contributed by atoms with Crippen molar-refractivity contribution in [3.63, 3.8) is 0 Å². The molecular formula is C16H16N4O2. The Morgan fingerprint density at radius 3 is 2.77 bits per heavy atom. The summed E-state index contributed by atoms with van der Waals surface area (Å²) in [7, 11) is 0. The van der Waals surface area contributed by atoms with Crippen LogP contribution in [-0.4, -0.2) is 28.3 Å². The fourth-order valence-electron chi connectivity index (χ4n) is 1.74. The molecule has 0 aliphatic rings. The lowest BCUT2D eigenvalue weighted by atomic mass is 10.2. The summed E-state index contributed by atoms with van der Waals surface area (Å²) in [5, 5.41) is 5.38. The van der Waals surface area contributed by atoms with Crippen LogP contribution in [0.4, 0.5) is 0 Å². The molecule has 6 nitrogen and oxygen atoms in total. The van der Waals surface area contributed by atoms with Crippen molar-refractivity contribution in [2.45, 2.75) is 6.54 Å². The quantitative estimate of drug-likeness (QED) is 0.788. The van der Waals surface area contributed by atoms with Crippen LogP contribution in [-0.2, 0) is 6.54 Å². The van der Waals surface area contributed by atoms with Gasteiger partial charge in [-0.3, -0.25) is 19.6 Å². The van der Waals surface area contributed by atoms with Gasteiger partial charge >= 0.3 is 0 Å². The number of carbonyl (C=O) groups is 2. The molecule has 0 bridgehead atoms. The highest BCUT2D eigenvalue weighted by atomic mass is 16.2. The molecule has 2 N–H and O–H groups in total. The van der Waals surface area contributed by atoms with E-state index in [4.69, 9.17) is 0 Å². The van der Waals surface area contributed by atoms with Gasteiger partial charge in [0.05, 0.1) is 0 Å². The van der Waals surface area contributed by atoms with Crippen molar-refractivity contribution in [1.29, 1.82) is 0 Å². The van der Waals surface area contributed by atoms with Gasteiger partial charge in [-0.1, -0.05) is 12.1 Å². The van der Waals surface area contributed by atoms with Crippen molar-refractivity contribution in [2.24, 2.45) is 0 Å². The molecule has 0 spiro atoms. The van der Waals surface area contributed by atoms with E-state index in [0.29, 0.717) is 18.7 Å². The Morgan fingerprint density at radius 1 is 1.18 bits per heavy atom. The molecule has 0 aliphatic heterocycles. The van der Waals surface area contributed by atoms with E-state index in [1.54, 1.807) is 30.6 Å². The topological polar surface area (TPSA) is 84.0 Å². The summed E-state index contributed by atoms with van der Waals surface area (Å²) in [6, 6.07) is 6.68. The normalized spacial score (nSPS) is 9.82. The molecule has 2 heterocycles. The molecule has 0 aromatic carbocycles. The Bertz CT molecular complexity index is 671. The van der Waals surface area contributed by atoms with Crippen molar-refractivity contribution >= 4 is 11.8 Å². The Hall–Kier alpha value is -3.02. The van der Waals surface area contributed by atoms with Crippen molar-refractivity contribution < 1.29 is 9.59 Å². The third-order valence-electron chi connectivity index (χ3n) is 2.84. The predicted octanol–water partition coefficient (Wildman–Crippen LogP) is 1.32. The van der Waals surface area contributed by atoms with Crippen LogP contribution in [0.5, 0.6) is 0 Å². The van der Waals surface area contributed by atoms with E-state index in [1.165, 1.54) is 12.3 Å². The molecule has 0 radical (unpaired) electrons. The van der Waals surface area contributed by atoms with Gasteiger partial charge in [0.25, 0.3) is 11.8 Å². The smallest absolute Gasteiger partial charge is 0.270 e. The van der Waals surface area contributed by atoms with E-state index < -0.39 is 0 Å². The predicted molar refractivity (Wildman–Crippen MR) is 82.2 cm³/mol. The summed E-state index contributed by atoms with van der Waals surface area (Å²) < 4.78 is 0. The average molecular weight is 296 g/mol. The summed E-state index contributed by atoms with van der Waals surface area (Å²) in [5.41, 5.74) is 1.47. The van der Waals surface area contributed by atoms with Crippen LogP contribution in [0.3, 0.4) is 0 Å². The van der Waals surface area contributed by atoms with Gasteiger partial charge in [0.2, 0.25) is 0 Å². The minimum Gasteiger partial charge on any atom is -0.348 e. The second kappa shape index (κ2) is 7.68. The average Bonchev–Trinajstić information content (AvgIpc) is 2.58. The maximum atomic E-state index is 12.1. The molecule has 22 heavy (non-hydrogen) atoms. The van der Waals surface area contributed by atoms with Crippen molar-refractivity contribution in [2.75, 3.05) is 6.54 Å². The van der Waals surface area contributed by atoms with Crippen molar-refractivity contribution in [3.8, 4) is 0 Å². The van der Waals surface area contributed by atoms with E-state index in [9.17, 15) is 9.59 Å². The molecular weight excluding hydrogens is 280 g/mol. The first kappa shape index (κ1) is 15.4. The molecule has 2 amide bonds. The number of nitrogens with zero attached hydrogens (tertiary/aromatic N) is 2. The Balaban J connectivity index is 2.00. The Labute approximate surface area is 128 Å². The summed E-state index contributed by atoms with van der Waals surface area (Å²) in [4.78, 5) is 31.8. The van der Waals surface area contributed by atoms with Crippen LogP contribution in [0.25, 0.3) is 0 Å². The number of rotatable bonds is 6. The molecule has 0 fully saturated rings. The lowest BCUT2D eigenvalue weighted by molar-refractivity contribution is 0.0950. The van der Waals surface area contributed by atoms with Crippen LogP contribution in [0.2, 0.25) is 0 Å². The van der Waals surface area contributed by atoms with Crippen LogP contribution < -0.4 is 10.6 Å². The summed E-state index contributed by atoms with van der Waals surface area (Å²) >= 11 is 0. The zero-order valence-corrected chi connectivity index (χ0v) is 12.0. The zero-order chi connectivity index (χ0) is 15.8. The Kier molecular flexibility index (Phi) is 5.37. The number of nitrogens with one attached hydrogen (secondary N) is 2. The number of aromatic nitrogens is 2. The van der Waals surface area contributed by atoms with E-state index in [1.807, 2.05) is 6.07 Å².